The number of rotatable bonds is 6. The third-order valence-electron chi connectivity index (χ3n) is 4.60. The first-order valence-corrected chi connectivity index (χ1v) is 8.42. The van der Waals surface area contributed by atoms with Crippen LogP contribution in [0, 0.1) is 5.92 Å². The minimum Gasteiger partial charge on any atom is -0.335 e. The minimum absolute atomic E-state index is 0.0827. The zero-order valence-electron chi connectivity index (χ0n) is 14.5. The van der Waals surface area contributed by atoms with Gasteiger partial charge in [0.2, 0.25) is 5.91 Å². The Labute approximate surface area is 141 Å². The van der Waals surface area contributed by atoms with Crippen molar-refractivity contribution in [2.24, 2.45) is 20.0 Å². The molecule has 0 bridgehead atoms. The van der Waals surface area contributed by atoms with Gasteiger partial charge in [0.05, 0.1) is 17.9 Å². The highest BCUT2D eigenvalue weighted by Crippen LogP contribution is 2.36. The molecule has 1 aliphatic rings. The van der Waals surface area contributed by atoms with Gasteiger partial charge in [-0.1, -0.05) is 5.21 Å². The van der Waals surface area contributed by atoms with Crippen molar-refractivity contribution in [3.63, 3.8) is 0 Å². The van der Waals surface area contributed by atoms with E-state index in [1.54, 1.807) is 9.36 Å². The van der Waals surface area contributed by atoms with E-state index in [1.807, 2.05) is 44.5 Å². The summed E-state index contributed by atoms with van der Waals surface area (Å²) < 4.78 is 3.50. The fourth-order valence-corrected chi connectivity index (χ4v) is 3.51. The number of hydrogen-bond donors (Lipinski definition) is 1. The summed E-state index contributed by atoms with van der Waals surface area (Å²) in [5.41, 5.74) is 2.04. The summed E-state index contributed by atoms with van der Waals surface area (Å²) in [6.45, 7) is 4.28. The van der Waals surface area contributed by atoms with Gasteiger partial charge < -0.3 is 10.2 Å². The Bertz CT molecular complexity index is 692. The normalized spacial score (nSPS) is 21.5. The van der Waals surface area contributed by atoms with Crippen LogP contribution in [0.4, 0.5) is 0 Å². The second-order valence-electron chi connectivity index (χ2n) is 6.39. The highest BCUT2D eigenvalue weighted by Gasteiger charge is 2.36. The van der Waals surface area contributed by atoms with E-state index in [0.29, 0.717) is 18.9 Å². The van der Waals surface area contributed by atoms with Gasteiger partial charge in [-0.15, -0.1) is 5.10 Å². The van der Waals surface area contributed by atoms with E-state index in [1.165, 1.54) is 0 Å². The Morgan fingerprint density at radius 2 is 2.12 bits per heavy atom. The highest BCUT2D eigenvalue weighted by atomic mass is 16.2. The van der Waals surface area contributed by atoms with Crippen molar-refractivity contribution in [2.45, 2.75) is 32.4 Å². The summed E-state index contributed by atoms with van der Waals surface area (Å²) in [4.78, 5) is 14.3. The number of amides is 1. The number of nitrogens with one attached hydrogen (secondary N) is 1. The maximum Gasteiger partial charge on any atom is 0.223 e. The Balaban J connectivity index is 1.70. The quantitative estimate of drug-likeness (QED) is 0.840. The number of piperidine rings is 1. The van der Waals surface area contributed by atoms with Gasteiger partial charge in [0.1, 0.15) is 0 Å². The molecule has 2 atom stereocenters. The minimum atomic E-state index is 0.0827. The van der Waals surface area contributed by atoms with Crippen LogP contribution in [0.1, 0.15) is 37.1 Å². The van der Waals surface area contributed by atoms with E-state index >= 15 is 0 Å². The van der Waals surface area contributed by atoms with Gasteiger partial charge in [-0.2, -0.15) is 5.10 Å². The number of aryl methyl sites for hydroxylation is 2. The van der Waals surface area contributed by atoms with Gasteiger partial charge in [-0.25, -0.2) is 0 Å². The monoisotopic (exact) mass is 331 g/mol. The third kappa shape index (κ3) is 3.48. The van der Waals surface area contributed by atoms with Crippen LogP contribution in [0.5, 0.6) is 0 Å². The molecule has 24 heavy (non-hydrogen) atoms. The molecule has 0 spiro atoms. The third-order valence-corrected chi connectivity index (χ3v) is 4.60. The fraction of sp³-hybridized carbons (Fsp3) is 0.625. The van der Waals surface area contributed by atoms with Gasteiger partial charge in [-0.05, 0) is 19.3 Å². The lowest BCUT2D eigenvalue weighted by atomic mass is 9.85. The molecule has 3 rings (SSSR count). The lowest BCUT2D eigenvalue weighted by Gasteiger charge is -2.40. The lowest BCUT2D eigenvalue weighted by molar-refractivity contribution is -0.138. The maximum absolute atomic E-state index is 12.3. The van der Waals surface area contributed by atoms with Crippen LogP contribution in [0.15, 0.2) is 18.6 Å². The molecule has 0 unspecified atom stereocenters. The van der Waals surface area contributed by atoms with Crippen molar-refractivity contribution in [3.05, 3.63) is 29.8 Å². The standard InChI is InChI=1S/C16H25N7O/c1-4-23-15(24)6-5-12(16(23)13-8-18-21(2)10-13)7-17-9-14-11-22(3)20-19-14/h8,10-12,16-17H,4-7,9H2,1-3H3/t12-,16+/m1/s1. The van der Waals surface area contributed by atoms with Crippen molar-refractivity contribution in [1.82, 2.24) is 35.0 Å². The molecule has 0 saturated carbocycles. The summed E-state index contributed by atoms with van der Waals surface area (Å²) >= 11 is 0. The van der Waals surface area contributed by atoms with Crippen molar-refractivity contribution in [2.75, 3.05) is 13.1 Å². The molecule has 8 heteroatoms. The van der Waals surface area contributed by atoms with Crippen LogP contribution in [-0.2, 0) is 25.4 Å². The molecular formula is C16H25N7O. The van der Waals surface area contributed by atoms with Gasteiger partial charge in [0.25, 0.3) is 0 Å². The number of hydrogen-bond acceptors (Lipinski definition) is 5. The van der Waals surface area contributed by atoms with Crippen molar-refractivity contribution >= 4 is 5.91 Å². The molecule has 1 aliphatic heterocycles. The molecule has 130 valence electrons. The Morgan fingerprint density at radius 3 is 2.75 bits per heavy atom. The van der Waals surface area contributed by atoms with Gasteiger partial charge in [0, 0.05) is 58.1 Å². The fourth-order valence-electron chi connectivity index (χ4n) is 3.51. The SMILES string of the molecule is CCN1C(=O)CC[C@H](CNCc2cn(C)nn2)[C@H]1c1cnn(C)c1. The Morgan fingerprint density at radius 1 is 1.29 bits per heavy atom. The van der Waals surface area contributed by atoms with Crippen LogP contribution in [-0.4, -0.2) is 48.7 Å². The molecule has 1 amide bonds. The van der Waals surface area contributed by atoms with Crippen molar-refractivity contribution in [1.29, 1.82) is 0 Å². The molecule has 0 aromatic carbocycles. The zero-order chi connectivity index (χ0) is 17.1. The Hall–Kier alpha value is -2.22. The van der Waals surface area contributed by atoms with Gasteiger partial charge in [0.15, 0.2) is 0 Å². The molecule has 3 heterocycles. The van der Waals surface area contributed by atoms with E-state index in [-0.39, 0.29) is 11.9 Å². The number of carbonyl (C=O) groups excluding carboxylic acids is 1. The number of likely N-dealkylation sites (tertiary alicyclic amines) is 1. The maximum atomic E-state index is 12.3. The van der Waals surface area contributed by atoms with Crippen LogP contribution in [0.2, 0.25) is 0 Å². The van der Waals surface area contributed by atoms with E-state index in [2.05, 4.69) is 20.7 Å². The molecule has 2 aromatic rings. The zero-order valence-corrected chi connectivity index (χ0v) is 14.5. The molecule has 2 aromatic heterocycles. The predicted octanol–water partition coefficient (Wildman–Crippen LogP) is 0.638. The molecule has 0 radical (unpaired) electrons. The summed E-state index contributed by atoms with van der Waals surface area (Å²) in [6.07, 6.45) is 7.31. The smallest absolute Gasteiger partial charge is 0.223 e. The summed E-state index contributed by atoms with van der Waals surface area (Å²) in [7, 11) is 3.77. The summed E-state index contributed by atoms with van der Waals surface area (Å²) in [5, 5.41) is 15.8. The molecular weight excluding hydrogens is 306 g/mol. The van der Waals surface area contributed by atoms with Crippen molar-refractivity contribution < 1.29 is 4.79 Å². The van der Waals surface area contributed by atoms with E-state index < -0.39 is 0 Å². The highest BCUT2D eigenvalue weighted by molar-refractivity contribution is 5.77. The molecule has 0 aliphatic carbocycles. The molecule has 1 saturated heterocycles. The van der Waals surface area contributed by atoms with E-state index in [9.17, 15) is 4.79 Å². The summed E-state index contributed by atoms with van der Waals surface area (Å²) in [6, 6.07) is 0.0827. The first kappa shape index (κ1) is 16.6. The van der Waals surface area contributed by atoms with Crippen LogP contribution in [0.3, 0.4) is 0 Å². The molecule has 1 fully saturated rings. The second kappa shape index (κ2) is 7.12. The van der Waals surface area contributed by atoms with Gasteiger partial charge in [-0.3, -0.25) is 14.2 Å². The second-order valence-corrected chi connectivity index (χ2v) is 6.39. The van der Waals surface area contributed by atoms with Crippen molar-refractivity contribution in [3.8, 4) is 0 Å². The first-order chi connectivity index (χ1) is 11.6. The van der Waals surface area contributed by atoms with E-state index in [0.717, 1.165) is 30.8 Å². The Kier molecular flexibility index (Phi) is 4.94. The predicted molar refractivity (Wildman–Crippen MR) is 88.8 cm³/mol. The van der Waals surface area contributed by atoms with Crippen LogP contribution >= 0.6 is 0 Å². The number of nitrogens with zero attached hydrogens (tertiary/aromatic N) is 6. The topological polar surface area (TPSA) is 80.9 Å². The number of aromatic nitrogens is 5. The number of carbonyl (C=O) groups is 1. The van der Waals surface area contributed by atoms with Gasteiger partial charge >= 0.3 is 0 Å². The first-order valence-electron chi connectivity index (χ1n) is 8.42. The lowest BCUT2D eigenvalue weighted by Crippen LogP contribution is -2.45. The van der Waals surface area contributed by atoms with E-state index in [4.69, 9.17) is 0 Å². The molecule has 8 nitrogen and oxygen atoms in total. The van der Waals surface area contributed by atoms with Crippen LogP contribution in [0.25, 0.3) is 0 Å². The molecule has 1 N–H and O–H groups in total. The largest absolute Gasteiger partial charge is 0.335 e. The van der Waals surface area contributed by atoms with Crippen LogP contribution < -0.4 is 5.32 Å². The average molecular weight is 331 g/mol. The average Bonchev–Trinajstić information content (AvgIpc) is 3.17. The summed E-state index contributed by atoms with van der Waals surface area (Å²) in [5.74, 6) is 0.597.